The first-order valence-corrected chi connectivity index (χ1v) is 7.04. The molecule has 0 saturated heterocycles. The van der Waals surface area contributed by atoms with E-state index < -0.39 is 0 Å². The molecule has 0 aromatic rings. The Kier molecular flexibility index (Phi) is 8.73. The fraction of sp³-hybridized carbons (Fsp3) is 0.800. The van der Waals surface area contributed by atoms with E-state index in [1.165, 1.54) is 0 Å². The second-order valence-corrected chi connectivity index (χ2v) is 5.55. The molecule has 0 saturated carbocycles. The van der Waals surface area contributed by atoms with Crippen LogP contribution in [-0.4, -0.2) is 29.9 Å². The zero-order chi connectivity index (χ0) is 14.1. The Morgan fingerprint density at radius 2 is 1.89 bits per heavy atom. The predicted molar refractivity (Wildman–Crippen MR) is 78.3 cm³/mol. The van der Waals surface area contributed by atoms with Crippen LogP contribution in [0.25, 0.3) is 0 Å². The summed E-state index contributed by atoms with van der Waals surface area (Å²) in [7, 11) is 0. The van der Waals surface area contributed by atoms with Gasteiger partial charge in [-0.1, -0.05) is 19.9 Å². The minimum absolute atomic E-state index is 0.229. The fourth-order valence-electron chi connectivity index (χ4n) is 2.22. The van der Waals surface area contributed by atoms with Crippen LogP contribution in [0.4, 0.5) is 0 Å². The van der Waals surface area contributed by atoms with E-state index in [0.29, 0.717) is 31.3 Å². The first-order chi connectivity index (χ1) is 8.43. The summed E-state index contributed by atoms with van der Waals surface area (Å²) in [5.41, 5.74) is 5.62. The molecule has 106 valence electrons. The number of hydrogen-bond donors (Lipinski definition) is 1. The number of nitrogens with two attached hydrogens (primary N) is 1. The van der Waals surface area contributed by atoms with Crippen LogP contribution < -0.4 is 5.73 Å². The predicted octanol–water partition coefficient (Wildman–Crippen LogP) is 2.81. The van der Waals surface area contributed by atoms with E-state index in [9.17, 15) is 4.79 Å². The van der Waals surface area contributed by atoms with E-state index in [0.717, 1.165) is 12.8 Å². The molecule has 1 amide bonds. The maximum absolute atomic E-state index is 12.2. The number of carbonyl (C=O) groups is 1. The SMILES string of the molecule is C=CCN(C(=O)CCC(CCN)C(C)C)C(C)C. The van der Waals surface area contributed by atoms with Crippen molar-refractivity contribution < 1.29 is 4.79 Å². The maximum Gasteiger partial charge on any atom is 0.223 e. The normalized spacial score (nSPS) is 12.8. The molecule has 3 heteroatoms. The van der Waals surface area contributed by atoms with E-state index in [4.69, 9.17) is 5.73 Å². The molecule has 0 aliphatic rings. The fourth-order valence-corrected chi connectivity index (χ4v) is 2.22. The molecular formula is C15H30N2O. The number of hydrogen-bond acceptors (Lipinski definition) is 2. The van der Waals surface area contributed by atoms with Crippen LogP contribution >= 0.6 is 0 Å². The van der Waals surface area contributed by atoms with Gasteiger partial charge in [-0.2, -0.15) is 0 Å². The topological polar surface area (TPSA) is 46.3 Å². The molecule has 1 atom stereocenters. The maximum atomic E-state index is 12.2. The Bertz CT molecular complexity index is 249. The second kappa shape index (κ2) is 9.15. The van der Waals surface area contributed by atoms with Crippen molar-refractivity contribution in [1.29, 1.82) is 0 Å². The van der Waals surface area contributed by atoms with Gasteiger partial charge in [0.15, 0.2) is 0 Å². The van der Waals surface area contributed by atoms with Gasteiger partial charge in [0.05, 0.1) is 0 Å². The Morgan fingerprint density at radius 1 is 1.28 bits per heavy atom. The van der Waals surface area contributed by atoms with Crippen molar-refractivity contribution in [2.24, 2.45) is 17.6 Å². The smallest absolute Gasteiger partial charge is 0.223 e. The minimum atomic E-state index is 0.229. The number of rotatable bonds is 9. The van der Waals surface area contributed by atoms with Crippen LogP contribution in [0, 0.1) is 11.8 Å². The minimum Gasteiger partial charge on any atom is -0.337 e. The molecule has 0 aliphatic heterocycles. The average molecular weight is 254 g/mol. The largest absolute Gasteiger partial charge is 0.337 e. The molecule has 0 rings (SSSR count). The third kappa shape index (κ3) is 6.20. The number of nitrogens with zero attached hydrogens (tertiary/aromatic N) is 1. The summed E-state index contributed by atoms with van der Waals surface area (Å²) in [4.78, 5) is 14.0. The summed E-state index contributed by atoms with van der Waals surface area (Å²) in [6.45, 7) is 13.5. The highest BCUT2D eigenvalue weighted by Crippen LogP contribution is 2.21. The van der Waals surface area contributed by atoms with Gasteiger partial charge in [0.25, 0.3) is 0 Å². The highest BCUT2D eigenvalue weighted by molar-refractivity contribution is 5.76. The van der Waals surface area contributed by atoms with Crippen LogP contribution in [0.3, 0.4) is 0 Å². The average Bonchev–Trinajstić information content (AvgIpc) is 2.30. The monoisotopic (exact) mass is 254 g/mol. The van der Waals surface area contributed by atoms with Crippen molar-refractivity contribution in [3.8, 4) is 0 Å². The molecule has 0 heterocycles. The lowest BCUT2D eigenvalue weighted by molar-refractivity contribution is -0.132. The van der Waals surface area contributed by atoms with Crippen molar-refractivity contribution in [3.63, 3.8) is 0 Å². The quantitative estimate of drug-likeness (QED) is 0.643. The molecule has 0 spiro atoms. The van der Waals surface area contributed by atoms with E-state index in [1.54, 1.807) is 6.08 Å². The first-order valence-electron chi connectivity index (χ1n) is 7.04. The van der Waals surface area contributed by atoms with Gasteiger partial charge in [-0.05, 0) is 45.1 Å². The first kappa shape index (κ1) is 17.2. The standard InChI is InChI=1S/C15H30N2O/c1-6-11-17(13(4)5)15(18)8-7-14(9-10-16)12(2)3/h6,12-14H,1,7-11,16H2,2-5H3. The summed E-state index contributed by atoms with van der Waals surface area (Å²) in [5.74, 6) is 1.37. The van der Waals surface area contributed by atoms with Crippen molar-refractivity contribution >= 4 is 5.91 Å². The summed E-state index contributed by atoms with van der Waals surface area (Å²) < 4.78 is 0. The van der Waals surface area contributed by atoms with Crippen LogP contribution in [-0.2, 0) is 4.79 Å². The molecule has 0 aliphatic carbocycles. The molecule has 3 nitrogen and oxygen atoms in total. The van der Waals surface area contributed by atoms with E-state index in [2.05, 4.69) is 20.4 Å². The molecule has 0 aromatic carbocycles. The van der Waals surface area contributed by atoms with Crippen molar-refractivity contribution in [1.82, 2.24) is 4.90 Å². The molecule has 18 heavy (non-hydrogen) atoms. The van der Waals surface area contributed by atoms with Gasteiger partial charge in [-0.15, -0.1) is 6.58 Å². The molecule has 0 bridgehead atoms. The summed E-state index contributed by atoms with van der Waals surface area (Å²) in [5, 5.41) is 0. The lowest BCUT2D eigenvalue weighted by atomic mass is 9.88. The lowest BCUT2D eigenvalue weighted by Crippen LogP contribution is -2.37. The molecule has 0 radical (unpaired) electrons. The van der Waals surface area contributed by atoms with Gasteiger partial charge in [0.1, 0.15) is 0 Å². The Balaban J connectivity index is 4.31. The molecule has 0 aromatic heterocycles. The van der Waals surface area contributed by atoms with Gasteiger partial charge in [-0.25, -0.2) is 0 Å². The third-order valence-electron chi connectivity index (χ3n) is 3.48. The van der Waals surface area contributed by atoms with Gasteiger partial charge >= 0.3 is 0 Å². The van der Waals surface area contributed by atoms with Gasteiger partial charge in [0.2, 0.25) is 5.91 Å². The van der Waals surface area contributed by atoms with Gasteiger partial charge < -0.3 is 10.6 Å². The molecule has 1 unspecified atom stereocenters. The van der Waals surface area contributed by atoms with Crippen molar-refractivity contribution in [2.45, 2.75) is 53.0 Å². The van der Waals surface area contributed by atoms with E-state index >= 15 is 0 Å². The van der Waals surface area contributed by atoms with Gasteiger partial charge in [0, 0.05) is 19.0 Å². The van der Waals surface area contributed by atoms with Crippen LogP contribution in [0.15, 0.2) is 12.7 Å². The van der Waals surface area contributed by atoms with Crippen molar-refractivity contribution in [2.75, 3.05) is 13.1 Å². The molecule has 0 fully saturated rings. The summed E-state index contributed by atoms with van der Waals surface area (Å²) >= 11 is 0. The Labute approximate surface area is 112 Å². The van der Waals surface area contributed by atoms with E-state index in [1.807, 2.05) is 18.7 Å². The van der Waals surface area contributed by atoms with Crippen molar-refractivity contribution in [3.05, 3.63) is 12.7 Å². The Morgan fingerprint density at radius 3 is 2.28 bits per heavy atom. The highest BCUT2D eigenvalue weighted by atomic mass is 16.2. The second-order valence-electron chi connectivity index (χ2n) is 5.55. The van der Waals surface area contributed by atoms with Crippen LogP contribution in [0.1, 0.15) is 47.0 Å². The zero-order valence-corrected chi connectivity index (χ0v) is 12.5. The van der Waals surface area contributed by atoms with Crippen LogP contribution in [0.2, 0.25) is 0 Å². The number of amides is 1. The number of carbonyl (C=O) groups excluding carboxylic acids is 1. The molecular weight excluding hydrogens is 224 g/mol. The van der Waals surface area contributed by atoms with Crippen LogP contribution in [0.5, 0.6) is 0 Å². The Hall–Kier alpha value is -0.830. The zero-order valence-electron chi connectivity index (χ0n) is 12.5. The van der Waals surface area contributed by atoms with Gasteiger partial charge in [-0.3, -0.25) is 4.79 Å². The lowest BCUT2D eigenvalue weighted by Gasteiger charge is -2.27. The third-order valence-corrected chi connectivity index (χ3v) is 3.48. The highest BCUT2D eigenvalue weighted by Gasteiger charge is 2.19. The summed E-state index contributed by atoms with van der Waals surface area (Å²) in [6, 6.07) is 0.238. The molecule has 2 N–H and O–H groups in total. The summed E-state index contributed by atoms with van der Waals surface area (Å²) in [6.07, 6.45) is 4.36. The van der Waals surface area contributed by atoms with E-state index in [-0.39, 0.29) is 11.9 Å².